The van der Waals surface area contributed by atoms with Crippen LogP contribution in [0.25, 0.3) is 11.1 Å². The average molecular weight is 718 g/mol. The van der Waals surface area contributed by atoms with Gasteiger partial charge in [0.15, 0.2) is 0 Å². The van der Waals surface area contributed by atoms with Gasteiger partial charge in [-0.15, -0.1) is 0 Å². The lowest BCUT2D eigenvalue weighted by Gasteiger charge is -2.20. The summed E-state index contributed by atoms with van der Waals surface area (Å²) in [6.07, 6.45) is 16.8. The van der Waals surface area contributed by atoms with Gasteiger partial charge in [-0.2, -0.15) is 5.10 Å². The molecule has 9 heteroatoms. The fourth-order valence-electron chi connectivity index (χ4n) is 4.85. The fraction of sp³-hybridized carbons (Fsp3) is 0.175. The van der Waals surface area contributed by atoms with Crippen LogP contribution in [-0.4, -0.2) is 35.9 Å². The molecule has 7 rings (SSSR count). The molecule has 0 aliphatic rings. The third-order valence-electron chi connectivity index (χ3n) is 7.49. The van der Waals surface area contributed by atoms with Crippen molar-refractivity contribution in [2.75, 3.05) is 6.61 Å². The van der Waals surface area contributed by atoms with Gasteiger partial charge in [-0.05, 0) is 60.9 Å². The Balaban J connectivity index is 0.000000151. The molecule has 3 aromatic heterocycles. The zero-order valence-electron chi connectivity index (χ0n) is 27.6. The van der Waals surface area contributed by atoms with Crippen molar-refractivity contribution < 1.29 is 9.47 Å². The van der Waals surface area contributed by atoms with E-state index in [0.717, 1.165) is 54.1 Å². The SMILES string of the molecule is Brc1ccc(C(CCn2ccnc2)Oc2ccccc2)cc1.Cc1ccc(-c2cn[nH]c2)cc1.c1ccc(OCCCn2ccnc2)cc1. The van der Waals surface area contributed by atoms with Crippen LogP contribution in [0.3, 0.4) is 0 Å². The maximum atomic E-state index is 6.19. The lowest BCUT2D eigenvalue weighted by Crippen LogP contribution is -2.11. The fourth-order valence-corrected chi connectivity index (χ4v) is 5.11. The van der Waals surface area contributed by atoms with Crippen LogP contribution in [0.2, 0.25) is 0 Å². The van der Waals surface area contributed by atoms with E-state index in [4.69, 9.17) is 9.47 Å². The number of halogens is 1. The van der Waals surface area contributed by atoms with Crippen molar-refractivity contribution in [1.82, 2.24) is 29.3 Å². The molecule has 250 valence electrons. The summed E-state index contributed by atoms with van der Waals surface area (Å²) < 4.78 is 17.0. The molecule has 1 unspecified atom stereocenters. The Hall–Kier alpha value is -5.41. The number of hydrogen-bond acceptors (Lipinski definition) is 5. The Bertz CT molecular complexity index is 1830. The first-order valence-corrected chi connectivity index (χ1v) is 17.0. The predicted octanol–water partition coefficient (Wildman–Crippen LogP) is 9.59. The van der Waals surface area contributed by atoms with E-state index in [1.165, 1.54) is 16.7 Å². The highest BCUT2D eigenvalue weighted by Crippen LogP contribution is 2.26. The van der Waals surface area contributed by atoms with E-state index in [2.05, 4.69) is 84.0 Å². The highest BCUT2D eigenvalue weighted by Gasteiger charge is 2.14. The standard InChI is InChI=1S/C18H17BrN2O.C12H14N2O.C10H10N2/c19-16-8-6-15(7-9-16)18(10-12-21-13-11-20-14-21)22-17-4-2-1-3-5-17;1-2-5-12(6-3-1)15-10-4-8-14-9-7-13-11-14;1-8-2-4-9(5-3-8)10-6-11-12-7-10/h1-9,11,13-14,18H,10,12H2;1-3,5-7,9,11H,4,8,10H2;2-7H,1H3,(H,11,12). The van der Waals surface area contributed by atoms with E-state index in [9.17, 15) is 0 Å². The van der Waals surface area contributed by atoms with Gasteiger partial charge >= 0.3 is 0 Å². The topological polar surface area (TPSA) is 82.8 Å². The van der Waals surface area contributed by atoms with E-state index in [0.29, 0.717) is 0 Å². The first-order chi connectivity index (χ1) is 24.1. The molecule has 0 fully saturated rings. The molecule has 4 aromatic carbocycles. The number of aryl methyl sites for hydroxylation is 3. The summed E-state index contributed by atoms with van der Waals surface area (Å²) in [4.78, 5) is 8.07. The summed E-state index contributed by atoms with van der Waals surface area (Å²) in [5.74, 6) is 1.82. The Morgan fingerprint density at radius 3 is 1.94 bits per heavy atom. The number of hydrogen-bond donors (Lipinski definition) is 1. The second-order valence-electron chi connectivity index (χ2n) is 11.2. The molecule has 0 spiro atoms. The van der Waals surface area contributed by atoms with E-state index >= 15 is 0 Å². The number of nitrogens with one attached hydrogen (secondary N) is 1. The number of benzene rings is 4. The van der Waals surface area contributed by atoms with Gasteiger partial charge < -0.3 is 18.6 Å². The average Bonchev–Trinajstić information content (AvgIpc) is 3.96. The minimum absolute atomic E-state index is 0.0119. The summed E-state index contributed by atoms with van der Waals surface area (Å²) >= 11 is 3.48. The number of ether oxygens (including phenoxy) is 2. The van der Waals surface area contributed by atoms with E-state index in [1.807, 2.05) is 115 Å². The molecule has 8 nitrogen and oxygen atoms in total. The minimum Gasteiger partial charge on any atom is -0.494 e. The number of para-hydroxylation sites is 2. The number of H-pyrrole nitrogens is 1. The summed E-state index contributed by atoms with van der Waals surface area (Å²) in [7, 11) is 0. The molecule has 0 aliphatic heterocycles. The zero-order chi connectivity index (χ0) is 33.9. The maximum absolute atomic E-state index is 6.19. The number of aromatic amines is 1. The summed E-state index contributed by atoms with van der Waals surface area (Å²) in [6.45, 7) is 4.64. The number of aromatic nitrogens is 6. The van der Waals surface area contributed by atoms with Crippen LogP contribution in [0.5, 0.6) is 11.5 Å². The van der Waals surface area contributed by atoms with Crippen LogP contribution < -0.4 is 9.47 Å². The molecule has 0 aliphatic carbocycles. The first kappa shape index (κ1) is 34.9. The molecule has 7 aromatic rings. The smallest absolute Gasteiger partial charge is 0.125 e. The van der Waals surface area contributed by atoms with Gasteiger partial charge in [-0.25, -0.2) is 9.97 Å². The van der Waals surface area contributed by atoms with Crippen molar-refractivity contribution in [2.45, 2.75) is 39.0 Å². The molecule has 0 bridgehead atoms. The van der Waals surface area contributed by atoms with Crippen molar-refractivity contribution >= 4 is 15.9 Å². The summed E-state index contributed by atoms with van der Waals surface area (Å²) in [6, 6.07) is 36.5. The molecule has 49 heavy (non-hydrogen) atoms. The van der Waals surface area contributed by atoms with Gasteiger partial charge in [-0.3, -0.25) is 5.10 Å². The molecule has 0 radical (unpaired) electrons. The number of imidazole rings is 2. The van der Waals surface area contributed by atoms with E-state index < -0.39 is 0 Å². The van der Waals surface area contributed by atoms with Gasteiger partial charge in [0, 0.05) is 60.5 Å². The van der Waals surface area contributed by atoms with Gasteiger partial charge in [0.1, 0.15) is 17.6 Å². The largest absolute Gasteiger partial charge is 0.494 e. The molecule has 3 heterocycles. The van der Waals surface area contributed by atoms with Crippen molar-refractivity contribution in [3.05, 3.63) is 175 Å². The first-order valence-electron chi connectivity index (χ1n) is 16.2. The Morgan fingerprint density at radius 1 is 0.714 bits per heavy atom. The van der Waals surface area contributed by atoms with Gasteiger partial charge in [0.2, 0.25) is 0 Å². The number of nitrogens with zero attached hydrogens (tertiary/aromatic N) is 5. The molecule has 0 saturated heterocycles. The second kappa shape index (κ2) is 19.4. The molecule has 1 atom stereocenters. The highest BCUT2D eigenvalue weighted by molar-refractivity contribution is 9.10. The lowest BCUT2D eigenvalue weighted by molar-refractivity contribution is 0.188. The zero-order valence-corrected chi connectivity index (χ0v) is 29.1. The van der Waals surface area contributed by atoms with Crippen LogP contribution in [-0.2, 0) is 13.1 Å². The summed E-state index contributed by atoms with van der Waals surface area (Å²) in [5.41, 5.74) is 4.79. The molecule has 1 N–H and O–H groups in total. The quantitative estimate of drug-likeness (QED) is 0.127. The Morgan fingerprint density at radius 2 is 1.35 bits per heavy atom. The van der Waals surface area contributed by atoms with Gasteiger partial charge in [-0.1, -0.05) is 94.3 Å². The third kappa shape index (κ3) is 12.3. The Labute approximate surface area is 296 Å². The molecule has 0 amide bonds. The normalized spacial score (nSPS) is 11.0. The highest BCUT2D eigenvalue weighted by atomic mass is 79.9. The van der Waals surface area contributed by atoms with Crippen LogP contribution in [0.15, 0.2) is 164 Å². The third-order valence-corrected chi connectivity index (χ3v) is 8.02. The Kier molecular flexibility index (Phi) is 13.8. The van der Waals surface area contributed by atoms with Gasteiger partial charge in [0.05, 0.1) is 25.5 Å². The van der Waals surface area contributed by atoms with Crippen molar-refractivity contribution in [2.24, 2.45) is 0 Å². The predicted molar refractivity (Wildman–Crippen MR) is 198 cm³/mol. The van der Waals surface area contributed by atoms with E-state index in [1.54, 1.807) is 12.4 Å². The van der Waals surface area contributed by atoms with Crippen LogP contribution >= 0.6 is 15.9 Å². The van der Waals surface area contributed by atoms with Gasteiger partial charge in [0.25, 0.3) is 0 Å². The van der Waals surface area contributed by atoms with Crippen LogP contribution in [0.4, 0.5) is 0 Å². The van der Waals surface area contributed by atoms with Crippen LogP contribution in [0.1, 0.15) is 30.1 Å². The van der Waals surface area contributed by atoms with Crippen LogP contribution in [0, 0.1) is 6.92 Å². The monoisotopic (exact) mass is 716 g/mol. The maximum Gasteiger partial charge on any atom is 0.125 e. The molecular formula is C40H41BrN6O2. The minimum atomic E-state index is 0.0119. The molecular weight excluding hydrogens is 676 g/mol. The molecule has 0 saturated carbocycles. The second-order valence-corrected chi connectivity index (χ2v) is 12.1. The van der Waals surface area contributed by atoms with Crippen molar-refractivity contribution in [1.29, 1.82) is 0 Å². The van der Waals surface area contributed by atoms with Crippen molar-refractivity contribution in [3.8, 4) is 22.6 Å². The van der Waals surface area contributed by atoms with E-state index in [-0.39, 0.29) is 6.10 Å². The summed E-state index contributed by atoms with van der Waals surface area (Å²) in [5, 5.41) is 6.69. The lowest BCUT2D eigenvalue weighted by atomic mass is 10.1. The number of rotatable bonds is 12. The van der Waals surface area contributed by atoms with Crippen molar-refractivity contribution in [3.63, 3.8) is 0 Å².